The Hall–Kier alpha value is -2.21. The molecule has 0 fully saturated rings. The van der Waals surface area contributed by atoms with Crippen molar-refractivity contribution in [2.24, 2.45) is 0 Å². The van der Waals surface area contributed by atoms with Crippen LogP contribution in [0.15, 0.2) is 27.4 Å². The second-order valence-electron chi connectivity index (χ2n) is 5.88. The van der Waals surface area contributed by atoms with Crippen LogP contribution < -0.4 is 15.1 Å². The first-order chi connectivity index (χ1) is 12.2. The molecule has 0 radical (unpaired) electrons. The molecule has 0 saturated carbocycles. The predicted molar refractivity (Wildman–Crippen MR) is 95.6 cm³/mol. The SMILES string of the molecule is CCCCCCOc1c(O)c2c(OCCCCO)cccc2oc1=O. The maximum absolute atomic E-state index is 12.1. The monoisotopic (exact) mass is 350 g/mol. The van der Waals surface area contributed by atoms with Gasteiger partial charge in [0.2, 0.25) is 5.75 Å². The van der Waals surface area contributed by atoms with Crippen LogP contribution in [-0.4, -0.2) is 30.0 Å². The van der Waals surface area contributed by atoms with E-state index in [-0.39, 0.29) is 23.7 Å². The fourth-order valence-electron chi connectivity index (χ4n) is 2.53. The summed E-state index contributed by atoms with van der Waals surface area (Å²) in [5.74, 6) is 0.00225. The van der Waals surface area contributed by atoms with Crippen LogP contribution in [0.25, 0.3) is 11.0 Å². The Morgan fingerprint density at radius 2 is 1.80 bits per heavy atom. The summed E-state index contributed by atoms with van der Waals surface area (Å²) < 4.78 is 16.4. The van der Waals surface area contributed by atoms with Gasteiger partial charge in [-0.1, -0.05) is 32.3 Å². The number of ether oxygens (including phenoxy) is 2. The Bertz CT molecular complexity index is 722. The first kappa shape index (κ1) is 19.1. The lowest BCUT2D eigenvalue weighted by atomic mass is 10.2. The number of unbranched alkanes of at least 4 members (excludes halogenated alkanes) is 4. The minimum absolute atomic E-state index is 0.106. The molecule has 6 nitrogen and oxygen atoms in total. The van der Waals surface area contributed by atoms with E-state index in [1.165, 1.54) is 0 Å². The first-order valence-electron chi connectivity index (χ1n) is 8.84. The molecular formula is C19H26O6. The lowest BCUT2D eigenvalue weighted by molar-refractivity contribution is 0.253. The minimum atomic E-state index is -0.696. The summed E-state index contributed by atoms with van der Waals surface area (Å²) in [6.07, 6.45) is 5.36. The molecule has 0 aliphatic carbocycles. The Morgan fingerprint density at radius 3 is 2.56 bits per heavy atom. The average Bonchev–Trinajstić information content (AvgIpc) is 2.60. The van der Waals surface area contributed by atoms with Gasteiger partial charge < -0.3 is 24.1 Å². The van der Waals surface area contributed by atoms with Crippen LogP contribution in [0, 0.1) is 0 Å². The highest BCUT2D eigenvalue weighted by molar-refractivity contribution is 5.91. The van der Waals surface area contributed by atoms with Crippen molar-refractivity contribution in [2.45, 2.75) is 45.4 Å². The molecule has 1 aromatic carbocycles. The molecule has 0 saturated heterocycles. The van der Waals surface area contributed by atoms with E-state index in [9.17, 15) is 9.90 Å². The van der Waals surface area contributed by atoms with Crippen molar-refractivity contribution < 1.29 is 24.1 Å². The smallest absolute Gasteiger partial charge is 0.383 e. The van der Waals surface area contributed by atoms with Gasteiger partial charge >= 0.3 is 5.63 Å². The lowest BCUT2D eigenvalue weighted by Crippen LogP contribution is -2.09. The molecular weight excluding hydrogens is 324 g/mol. The lowest BCUT2D eigenvalue weighted by Gasteiger charge is -2.12. The number of hydrogen-bond acceptors (Lipinski definition) is 6. The van der Waals surface area contributed by atoms with Crippen molar-refractivity contribution in [3.8, 4) is 17.2 Å². The summed E-state index contributed by atoms with van der Waals surface area (Å²) in [4.78, 5) is 12.1. The molecule has 0 amide bonds. The van der Waals surface area contributed by atoms with Crippen LogP contribution in [0.3, 0.4) is 0 Å². The third-order valence-electron chi connectivity index (χ3n) is 3.88. The number of aliphatic hydroxyl groups excluding tert-OH is 1. The van der Waals surface area contributed by atoms with E-state index in [2.05, 4.69) is 6.92 Å². The molecule has 2 aromatic rings. The van der Waals surface area contributed by atoms with Gasteiger partial charge in [-0.2, -0.15) is 0 Å². The van der Waals surface area contributed by atoms with Gasteiger partial charge in [0.25, 0.3) is 0 Å². The van der Waals surface area contributed by atoms with Crippen molar-refractivity contribution in [1.82, 2.24) is 0 Å². The van der Waals surface area contributed by atoms with E-state index in [1.807, 2.05) is 0 Å². The number of fused-ring (bicyclic) bond motifs is 1. The van der Waals surface area contributed by atoms with Gasteiger partial charge in [-0.25, -0.2) is 4.79 Å². The molecule has 2 rings (SSSR count). The summed E-state index contributed by atoms with van der Waals surface area (Å²) in [5, 5.41) is 19.7. The third-order valence-corrected chi connectivity index (χ3v) is 3.88. The number of hydrogen-bond donors (Lipinski definition) is 2. The number of rotatable bonds is 11. The van der Waals surface area contributed by atoms with Gasteiger partial charge in [0, 0.05) is 6.61 Å². The third kappa shape index (κ3) is 5.13. The van der Waals surface area contributed by atoms with Crippen molar-refractivity contribution in [1.29, 1.82) is 0 Å². The maximum atomic E-state index is 12.1. The molecule has 0 bridgehead atoms. The summed E-state index contributed by atoms with van der Waals surface area (Å²) in [5.41, 5.74) is -0.446. The number of aliphatic hydroxyl groups is 1. The predicted octanol–water partition coefficient (Wildman–Crippen LogP) is 3.61. The molecule has 6 heteroatoms. The van der Waals surface area contributed by atoms with E-state index < -0.39 is 5.63 Å². The zero-order chi connectivity index (χ0) is 18.1. The Kier molecular flexibility index (Phi) is 7.60. The van der Waals surface area contributed by atoms with Crippen molar-refractivity contribution in [2.75, 3.05) is 19.8 Å². The zero-order valence-electron chi connectivity index (χ0n) is 14.6. The van der Waals surface area contributed by atoms with Gasteiger partial charge in [0.1, 0.15) is 16.7 Å². The first-order valence-corrected chi connectivity index (χ1v) is 8.84. The fraction of sp³-hybridized carbons (Fsp3) is 0.526. The van der Waals surface area contributed by atoms with E-state index in [0.717, 1.165) is 25.7 Å². The Labute approximate surface area is 147 Å². The minimum Gasteiger partial charge on any atom is -0.503 e. The van der Waals surface area contributed by atoms with Crippen LogP contribution in [0.2, 0.25) is 0 Å². The normalized spacial score (nSPS) is 11.0. The molecule has 25 heavy (non-hydrogen) atoms. The maximum Gasteiger partial charge on any atom is 0.383 e. The summed E-state index contributed by atoms with van der Waals surface area (Å²) in [7, 11) is 0. The highest BCUT2D eigenvalue weighted by atomic mass is 16.5. The van der Waals surface area contributed by atoms with Crippen molar-refractivity contribution in [3.05, 3.63) is 28.6 Å². The molecule has 0 unspecified atom stereocenters. The van der Waals surface area contributed by atoms with Crippen LogP contribution in [-0.2, 0) is 0 Å². The van der Waals surface area contributed by atoms with Crippen LogP contribution >= 0.6 is 0 Å². The molecule has 0 aliphatic heterocycles. The van der Waals surface area contributed by atoms with E-state index in [4.69, 9.17) is 19.0 Å². The van der Waals surface area contributed by atoms with Crippen LogP contribution in [0.5, 0.6) is 17.2 Å². The molecule has 2 N–H and O–H groups in total. The Morgan fingerprint density at radius 1 is 1.04 bits per heavy atom. The van der Waals surface area contributed by atoms with Gasteiger partial charge in [-0.05, 0) is 31.4 Å². The van der Waals surface area contributed by atoms with Gasteiger partial charge in [-0.3, -0.25) is 0 Å². The topological polar surface area (TPSA) is 89.1 Å². The zero-order valence-corrected chi connectivity index (χ0v) is 14.6. The second-order valence-corrected chi connectivity index (χ2v) is 5.88. The van der Waals surface area contributed by atoms with E-state index in [1.54, 1.807) is 18.2 Å². The fourth-order valence-corrected chi connectivity index (χ4v) is 2.53. The second kappa shape index (κ2) is 9.93. The summed E-state index contributed by atoms with van der Waals surface area (Å²) in [6, 6.07) is 4.99. The molecule has 0 spiro atoms. The standard InChI is InChI=1S/C19H26O6/c1-2-3-4-6-13-24-18-17(21)16-14(23-12-7-5-11-20)9-8-10-15(16)25-19(18)22/h8-10,20-21H,2-7,11-13H2,1H3. The average molecular weight is 350 g/mol. The van der Waals surface area contributed by atoms with Gasteiger partial charge in [0.15, 0.2) is 5.75 Å². The van der Waals surface area contributed by atoms with Crippen molar-refractivity contribution >= 4 is 11.0 Å². The van der Waals surface area contributed by atoms with Gasteiger partial charge in [0.05, 0.1) is 13.2 Å². The molecule has 138 valence electrons. The summed E-state index contributed by atoms with van der Waals surface area (Å²) >= 11 is 0. The van der Waals surface area contributed by atoms with Crippen LogP contribution in [0.4, 0.5) is 0 Å². The molecule has 1 aromatic heterocycles. The summed E-state index contributed by atoms with van der Waals surface area (Å²) in [6.45, 7) is 2.97. The van der Waals surface area contributed by atoms with E-state index in [0.29, 0.717) is 37.2 Å². The number of aromatic hydroxyl groups is 1. The quantitative estimate of drug-likeness (QED) is 0.475. The largest absolute Gasteiger partial charge is 0.503 e. The molecule has 0 atom stereocenters. The highest BCUT2D eigenvalue weighted by Crippen LogP contribution is 2.37. The molecule has 0 aliphatic rings. The van der Waals surface area contributed by atoms with E-state index >= 15 is 0 Å². The Balaban J connectivity index is 2.20. The van der Waals surface area contributed by atoms with Crippen molar-refractivity contribution in [3.63, 3.8) is 0 Å². The van der Waals surface area contributed by atoms with Crippen LogP contribution in [0.1, 0.15) is 45.4 Å². The van der Waals surface area contributed by atoms with Gasteiger partial charge in [-0.15, -0.1) is 0 Å². The number of benzene rings is 1. The highest BCUT2D eigenvalue weighted by Gasteiger charge is 2.18. The molecule has 1 heterocycles.